The molecule has 0 saturated heterocycles. The number of anilines is 2. The molecule has 14 nitrogen and oxygen atoms in total. The van der Waals surface area contributed by atoms with Crippen LogP contribution in [0.4, 0.5) is 22.7 Å². The second-order valence-corrected chi connectivity index (χ2v) is 26.1. The van der Waals surface area contributed by atoms with Crippen LogP contribution < -0.4 is 28.7 Å². The highest BCUT2D eigenvalue weighted by Gasteiger charge is 2.60. The molecule has 6 aromatic carbocycles. The van der Waals surface area contributed by atoms with Crippen LogP contribution in [0.25, 0.3) is 21.5 Å². The Morgan fingerprint density at radius 2 is 1.01 bits per heavy atom. The fourth-order valence-corrected chi connectivity index (χ4v) is 11.6. The van der Waals surface area contributed by atoms with Crippen molar-refractivity contribution in [1.82, 2.24) is 0 Å². The van der Waals surface area contributed by atoms with Crippen LogP contribution in [0.3, 0.4) is 0 Å². The van der Waals surface area contributed by atoms with Crippen molar-refractivity contribution in [2.75, 3.05) is 38.1 Å². The molecule has 10 rings (SSSR count). The Hall–Kier alpha value is -7.04. The summed E-state index contributed by atoms with van der Waals surface area (Å²) in [5, 5.41) is 3.64. The number of carbonyl (C=O) groups excluding carboxylic acids is 4. The minimum absolute atomic E-state index is 0.195. The molecule has 0 radical (unpaired) electrons. The van der Waals surface area contributed by atoms with E-state index >= 15 is 0 Å². The van der Waals surface area contributed by atoms with E-state index in [1.54, 1.807) is 53.7 Å². The van der Waals surface area contributed by atoms with E-state index < -0.39 is 37.5 Å². The van der Waals surface area contributed by atoms with E-state index in [2.05, 4.69) is 111 Å². The number of nitrogens with zero attached hydrogens (tertiary/aromatic N) is 4. The molecule has 0 fully saturated rings. The number of methoxy groups -OCH3 is 2. The number of hydrogen-bond donors (Lipinski definition) is 0. The summed E-state index contributed by atoms with van der Waals surface area (Å²) in [7, 11) is 6.73. The van der Waals surface area contributed by atoms with Gasteiger partial charge in [-0.2, -0.15) is 0 Å². The maximum Gasteiger partial charge on any atom is 0.332 e. The van der Waals surface area contributed by atoms with Crippen LogP contribution in [-0.4, -0.2) is 84.7 Å². The number of ether oxygens (including phenoxy) is 6. The fourth-order valence-electron chi connectivity index (χ4n) is 10.7. The summed E-state index contributed by atoms with van der Waals surface area (Å²) in [5.74, 6) is 0.635. The molecule has 4 aliphatic rings. The highest BCUT2D eigenvalue weighted by atomic mass is 79.9. The lowest BCUT2D eigenvalue weighted by molar-refractivity contribution is -0.148. The average Bonchev–Trinajstić information content (AvgIpc) is 3.95. The summed E-state index contributed by atoms with van der Waals surface area (Å²) in [6.45, 7) is 22.4. The third-order valence-corrected chi connectivity index (χ3v) is 16.1. The Kier molecular flexibility index (Phi) is 15.1. The van der Waals surface area contributed by atoms with Crippen LogP contribution in [0.5, 0.6) is 23.0 Å². The molecule has 4 aliphatic heterocycles. The highest BCUT2D eigenvalue weighted by molar-refractivity contribution is 9.10. The first-order chi connectivity index (χ1) is 36.5. The van der Waals surface area contributed by atoms with Gasteiger partial charge in [-0.1, -0.05) is 99.1 Å². The van der Waals surface area contributed by atoms with Gasteiger partial charge in [0, 0.05) is 41.8 Å². The topological polar surface area (TPSA) is 155 Å². The van der Waals surface area contributed by atoms with Crippen molar-refractivity contribution in [3.05, 3.63) is 132 Å². The second-order valence-electron chi connectivity index (χ2n) is 22.4. The van der Waals surface area contributed by atoms with Crippen LogP contribution in [0.2, 0.25) is 0 Å². The van der Waals surface area contributed by atoms with E-state index in [0.29, 0.717) is 34.3 Å². The van der Waals surface area contributed by atoms with Gasteiger partial charge in [-0.25, -0.2) is 4.79 Å². The van der Waals surface area contributed by atoms with Gasteiger partial charge >= 0.3 is 23.9 Å². The van der Waals surface area contributed by atoms with Crippen molar-refractivity contribution in [3.63, 3.8) is 0 Å². The molecule has 4 heterocycles. The lowest BCUT2D eigenvalue weighted by atomic mass is 9.77. The first kappa shape index (κ1) is 57.1. The Balaban J connectivity index is 0.000000186. The Morgan fingerprint density at radius 1 is 0.603 bits per heavy atom. The van der Waals surface area contributed by atoms with Crippen LogP contribution in [0.15, 0.2) is 131 Å². The van der Waals surface area contributed by atoms with Gasteiger partial charge in [0.2, 0.25) is 11.4 Å². The van der Waals surface area contributed by atoms with Crippen molar-refractivity contribution >= 4 is 112 Å². The van der Waals surface area contributed by atoms with E-state index in [1.807, 2.05) is 93.3 Å². The van der Waals surface area contributed by atoms with E-state index in [4.69, 9.17) is 33.7 Å². The predicted molar refractivity (Wildman–Crippen MR) is 316 cm³/mol. The summed E-state index contributed by atoms with van der Waals surface area (Å²) in [6, 6.07) is 35.7. The molecule has 0 saturated carbocycles. The molecule has 3 atom stereocenters. The molecule has 16 heteroatoms. The SMILES string of the molecule is C=C(C)C(=O)OC.CN1c2ccccc2C(C)(C)C12C=Nc1c(ccc3ccc(OC(=O)C(C)(C)Br)cc13)O2.COC(=O)C(C)(Br)CC(C)(C)C(=O)Oc1ccc2ccc3c(c2c1)N=CC1(O3)N(C)c2ccccc2C1(C)C. The smallest absolute Gasteiger partial charge is 0.332 e. The number of hydrogen-bond acceptors (Lipinski definition) is 14. The van der Waals surface area contributed by atoms with Gasteiger partial charge in [-0.3, -0.25) is 24.4 Å². The number of halogens is 2. The van der Waals surface area contributed by atoms with Crippen LogP contribution in [-0.2, 0) is 39.5 Å². The van der Waals surface area contributed by atoms with Gasteiger partial charge in [0.05, 0.1) is 42.9 Å². The zero-order valence-electron chi connectivity index (χ0n) is 46.6. The third kappa shape index (κ3) is 9.94. The maximum atomic E-state index is 13.2. The molecule has 0 N–H and O–H groups in total. The third-order valence-electron chi connectivity index (χ3n) is 15.2. The van der Waals surface area contributed by atoms with Gasteiger partial charge in [0.15, 0.2) is 0 Å². The summed E-state index contributed by atoms with van der Waals surface area (Å²) >= 11 is 6.75. The second kappa shape index (κ2) is 20.6. The van der Waals surface area contributed by atoms with Gasteiger partial charge in [0.1, 0.15) is 43.0 Å². The largest absolute Gasteiger partial charge is 0.468 e. The van der Waals surface area contributed by atoms with E-state index in [0.717, 1.165) is 38.6 Å². The van der Waals surface area contributed by atoms with Crippen molar-refractivity contribution in [3.8, 4) is 23.0 Å². The van der Waals surface area contributed by atoms with Gasteiger partial charge in [-0.15, -0.1) is 0 Å². The number of alkyl halides is 2. The molecular weight excluding hydrogens is 1120 g/mol. The Bertz CT molecular complexity index is 3490. The van der Waals surface area contributed by atoms with Crippen molar-refractivity contribution in [1.29, 1.82) is 0 Å². The summed E-state index contributed by atoms with van der Waals surface area (Å²) < 4.78 is 32.3. The van der Waals surface area contributed by atoms with Crippen LogP contribution >= 0.6 is 31.9 Å². The average molecular weight is 1190 g/mol. The number of rotatable bonds is 8. The lowest BCUT2D eigenvalue weighted by Crippen LogP contribution is -2.61. The molecular formula is C62H66Br2N4O10. The molecule has 0 bridgehead atoms. The number of esters is 4. The first-order valence-electron chi connectivity index (χ1n) is 25.4. The number of aliphatic imine (C=N–C) groups is 2. The molecule has 78 heavy (non-hydrogen) atoms. The zero-order chi connectivity index (χ0) is 57.1. The predicted octanol–water partition coefficient (Wildman–Crippen LogP) is 13.6. The highest BCUT2D eigenvalue weighted by Crippen LogP contribution is 2.56. The number of fused-ring (bicyclic) bond motifs is 8. The zero-order valence-corrected chi connectivity index (χ0v) is 49.8. The van der Waals surface area contributed by atoms with E-state index in [1.165, 1.54) is 25.3 Å². The number of carbonyl (C=O) groups is 4. The Morgan fingerprint density at radius 3 is 1.38 bits per heavy atom. The number of benzene rings is 6. The molecule has 0 amide bonds. The maximum absolute atomic E-state index is 13.2. The van der Waals surface area contributed by atoms with Crippen molar-refractivity contribution in [2.45, 2.75) is 107 Å². The minimum Gasteiger partial charge on any atom is -0.468 e. The number of likely N-dealkylation sites (N-methyl/N-ethyl adjacent to an activating group) is 2. The van der Waals surface area contributed by atoms with Gasteiger partial charge in [0.25, 0.3) is 0 Å². The lowest BCUT2D eigenvalue weighted by Gasteiger charge is -2.45. The van der Waals surface area contributed by atoms with E-state index in [9.17, 15) is 19.2 Å². The molecule has 3 unspecified atom stereocenters. The summed E-state index contributed by atoms with van der Waals surface area (Å²) in [5.41, 5.74) is 3.39. The van der Waals surface area contributed by atoms with Crippen LogP contribution in [0.1, 0.15) is 86.8 Å². The Labute approximate surface area is 473 Å². The molecule has 408 valence electrons. The standard InChI is InChI=1S/C31H33BrN2O5.C26H25BrN2O3.C5H8O2/c1-28(2,17-30(5,32)27(36)37-7)26(35)38-20-14-12-19-13-15-24-25(21(19)16-20)33-18-31(39-24)29(3,4)22-10-8-9-11-23(22)34(31)6;1-24(2)19-8-6-7-9-20(19)29(5)26(24)15-28-22-18-14-17(31-23(30)25(3,4)27)12-10-16(18)11-13-21(22)32-26;1-4(2)5(6)7-3/h8-16,18H,17H2,1-7H3;6-15H,1-5H3;1H2,2-3H3. The first-order valence-corrected chi connectivity index (χ1v) is 27.0. The van der Waals surface area contributed by atoms with E-state index in [-0.39, 0.29) is 29.2 Å². The summed E-state index contributed by atoms with van der Waals surface area (Å²) in [4.78, 5) is 62.0. The number of para-hydroxylation sites is 2. The fraction of sp³-hybridized carbons (Fsp3) is 0.355. The quantitative estimate of drug-likeness (QED) is 0.0616. The van der Waals surface area contributed by atoms with Gasteiger partial charge < -0.3 is 38.2 Å². The monoisotopic (exact) mass is 1180 g/mol. The molecule has 0 aliphatic carbocycles. The normalized spacial score (nSPS) is 19.5. The van der Waals surface area contributed by atoms with Crippen molar-refractivity contribution < 1.29 is 47.6 Å². The summed E-state index contributed by atoms with van der Waals surface area (Å²) in [6.07, 6.45) is 4.00. The molecule has 0 aromatic heterocycles. The minimum atomic E-state index is -1.02. The van der Waals surface area contributed by atoms with Crippen molar-refractivity contribution in [2.24, 2.45) is 15.4 Å². The molecule has 6 aromatic rings. The molecule has 2 spiro atoms. The van der Waals surface area contributed by atoms with Crippen LogP contribution in [0, 0.1) is 5.41 Å². The van der Waals surface area contributed by atoms with Gasteiger partial charge in [-0.05, 0) is 146 Å².